The standard InChI is InChI=1S/C21H25N3O4/c1-21(2,3)24-20(27)16-8-4-5-9-17(16)23-19(26)12-13-22-18(25)11-10-15-7-6-14-28-15/h4-11,14H,12-13H2,1-3H3,(H,22,25)(H,23,26)(H,24,27)/b11-10+. The first-order chi connectivity index (χ1) is 13.2. The topological polar surface area (TPSA) is 100 Å². The van der Waals surface area contributed by atoms with Crippen molar-refractivity contribution < 1.29 is 18.8 Å². The van der Waals surface area contributed by atoms with Gasteiger partial charge in [-0.25, -0.2) is 0 Å². The Bertz CT molecular complexity index is 849. The predicted molar refractivity (Wildman–Crippen MR) is 108 cm³/mol. The van der Waals surface area contributed by atoms with Crippen LogP contribution in [0.4, 0.5) is 5.69 Å². The Morgan fingerprint density at radius 3 is 2.50 bits per heavy atom. The van der Waals surface area contributed by atoms with Crippen molar-refractivity contribution in [1.29, 1.82) is 0 Å². The number of benzene rings is 1. The Morgan fingerprint density at radius 1 is 1.07 bits per heavy atom. The van der Waals surface area contributed by atoms with Crippen molar-refractivity contribution in [3.63, 3.8) is 0 Å². The Morgan fingerprint density at radius 2 is 1.82 bits per heavy atom. The summed E-state index contributed by atoms with van der Waals surface area (Å²) in [4.78, 5) is 36.3. The SMILES string of the molecule is CC(C)(C)NC(=O)c1ccccc1NC(=O)CCNC(=O)/C=C/c1ccco1. The van der Waals surface area contributed by atoms with Crippen LogP contribution in [0.2, 0.25) is 0 Å². The molecular formula is C21H25N3O4. The maximum absolute atomic E-state index is 12.4. The van der Waals surface area contributed by atoms with E-state index in [2.05, 4.69) is 16.0 Å². The summed E-state index contributed by atoms with van der Waals surface area (Å²) in [6.07, 6.45) is 4.47. The lowest BCUT2D eigenvalue weighted by Crippen LogP contribution is -2.40. The highest BCUT2D eigenvalue weighted by atomic mass is 16.3. The summed E-state index contributed by atoms with van der Waals surface area (Å²) in [5.41, 5.74) is 0.427. The molecule has 0 saturated carbocycles. The van der Waals surface area contributed by atoms with E-state index < -0.39 is 0 Å². The largest absolute Gasteiger partial charge is 0.465 e. The van der Waals surface area contributed by atoms with E-state index in [1.54, 1.807) is 42.5 Å². The molecule has 7 heteroatoms. The van der Waals surface area contributed by atoms with Gasteiger partial charge < -0.3 is 20.4 Å². The Hall–Kier alpha value is -3.35. The van der Waals surface area contributed by atoms with E-state index in [4.69, 9.17) is 4.42 Å². The summed E-state index contributed by atoms with van der Waals surface area (Å²) in [5, 5.41) is 8.21. The van der Waals surface area contributed by atoms with E-state index in [0.29, 0.717) is 17.0 Å². The molecule has 148 valence electrons. The molecule has 28 heavy (non-hydrogen) atoms. The minimum absolute atomic E-state index is 0.0789. The third kappa shape index (κ3) is 7.11. The quantitative estimate of drug-likeness (QED) is 0.640. The Labute approximate surface area is 164 Å². The molecule has 3 amide bonds. The second-order valence-corrected chi connectivity index (χ2v) is 7.19. The van der Waals surface area contributed by atoms with Crippen LogP contribution in [0.5, 0.6) is 0 Å². The van der Waals surface area contributed by atoms with Crippen LogP contribution in [0.1, 0.15) is 43.3 Å². The molecule has 0 unspecified atom stereocenters. The van der Waals surface area contributed by atoms with Crippen LogP contribution < -0.4 is 16.0 Å². The van der Waals surface area contributed by atoms with Gasteiger partial charge in [0, 0.05) is 24.6 Å². The normalized spacial score (nSPS) is 11.2. The molecule has 3 N–H and O–H groups in total. The fraction of sp³-hybridized carbons (Fsp3) is 0.286. The number of furan rings is 1. The molecule has 0 fully saturated rings. The van der Waals surface area contributed by atoms with Crippen LogP contribution in [0.25, 0.3) is 6.08 Å². The van der Waals surface area contributed by atoms with E-state index in [-0.39, 0.29) is 36.2 Å². The van der Waals surface area contributed by atoms with Gasteiger partial charge in [-0.2, -0.15) is 0 Å². The van der Waals surface area contributed by atoms with Crippen molar-refractivity contribution >= 4 is 29.5 Å². The molecule has 1 heterocycles. The molecule has 2 aromatic rings. The lowest BCUT2D eigenvalue weighted by Gasteiger charge is -2.21. The van der Waals surface area contributed by atoms with Crippen LogP contribution >= 0.6 is 0 Å². The molecule has 1 aromatic carbocycles. The zero-order chi connectivity index (χ0) is 20.6. The third-order valence-electron chi connectivity index (χ3n) is 3.53. The first-order valence-electron chi connectivity index (χ1n) is 8.95. The third-order valence-corrected chi connectivity index (χ3v) is 3.53. The lowest BCUT2D eigenvalue weighted by molar-refractivity contribution is -0.117. The van der Waals surface area contributed by atoms with Gasteiger partial charge in [0.05, 0.1) is 17.5 Å². The summed E-state index contributed by atoms with van der Waals surface area (Å²) in [7, 11) is 0. The molecular weight excluding hydrogens is 358 g/mol. The molecule has 1 aromatic heterocycles. The Kier molecular flexibility index (Phi) is 7.14. The highest BCUT2D eigenvalue weighted by Crippen LogP contribution is 2.16. The second kappa shape index (κ2) is 9.55. The van der Waals surface area contributed by atoms with Crippen molar-refractivity contribution in [1.82, 2.24) is 10.6 Å². The number of hydrogen-bond donors (Lipinski definition) is 3. The summed E-state index contributed by atoms with van der Waals surface area (Å²) in [6.45, 7) is 5.82. The zero-order valence-corrected chi connectivity index (χ0v) is 16.2. The number of rotatable bonds is 7. The van der Waals surface area contributed by atoms with Crippen molar-refractivity contribution in [2.75, 3.05) is 11.9 Å². The number of para-hydroxylation sites is 1. The van der Waals surface area contributed by atoms with Gasteiger partial charge in [0.15, 0.2) is 0 Å². The summed E-state index contributed by atoms with van der Waals surface area (Å²) < 4.78 is 5.09. The summed E-state index contributed by atoms with van der Waals surface area (Å²) in [6, 6.07) is 10.2. The van der Waals surface area contributed by atoms with Crippen LogP contribution in [0, 0.1) is 0 Å². The van der Waals surface area contributed by atoms with Crippen LogP contribution in [-0.4, -0.2) is 29.8 Å². The maximum Gasteiger partial charge on any atom is 0.253 e. The van der Waals surface area contributed by atoms with Crippen molar-refractivity contribution in [3.05, 3.63) is 60.1 Å². The summed E-state index contributed by atoms with van der Waals surface area (Å²) >= 11 is 0. The molecule has 0 spiro atoms. The highest BCUT2D eigenvalue weighted by molar-refractivity contribution is 6.04. The van der Waals surface area contributed by atoms with Gasteiger partial charge in [-0.15, -0.1) is 0 Å². The number of carbonyl (C=O) groups is 3. The fourth-order valence-corrected chi connectivity index (χ4v) is 2.31. The number of anilines is 1. The molecule has 7 nitrogen and oxygen atoms in total. The van der Waals surface area contributed by atoms with E-state index in [0.717, 1.165) is 0 Å². The first-order valence-corrected chi connectivity index (χ1v) is 8.95. The number of hydrogen-bond acceptors (Lipinski definition) is 4. The van der Waals surface area contributed by atoms with Gasteiger partial charge in [0.1, 0.15) is 5.76 Å². The molecule has 0 aliphatic heterocycles. The van der Waals surface area contributed by atoms with Crippen molar-refractivity contribution in [2.24, 2.45) is 0 Å². The number of carbonyl (C=O) groups excluding carboxylic acids is 3. The van der Waals surface area contributed by atoms with Gasteiger partial charge >= 0.3 is 0 Å². The highest BCUT2D eigenvalue weighted by Gasteiger charge is 2.18. The number of amides is 3. The molecule has 2 rings (SSSR count). The first kappa shape index (κ1) is 21.0. The second-order valence-electron chi connectivity index (χ2n) is 7.19. The molecule has 0 radical (unpaired) electrons. The monoisotopic (exact) mass is 383 g/mol. The zero-order valence-electron chi connectivity index (χ0n) is 16.2. The van der Waals surface area contributed by atoms with E-state index in [1.165, 1.54) is 12.3 Å². The molecule has 0 aliphatic carbocycles. The van der Waals surface area contributed by atoms with Crippen molar-refractivity contribution in [3.8, 4) is 0 Å². The lowest BCUT2D eigenvalue weighted by atomic mass is 10.1. The predicted octanol–water partition coefficient (Wildman–Crippen LogP) is 2.97. The van der Waals surface area contributed by atoms with Gasteiger partial charge in [0.25, 0.3) is 5.91 Å². The Balaban J connectivity index is 1.84. The van der Waals surface area contributed by atoms with Gasteiger partial charge in [0.2, 0.25) is 11.8 Å². The van der Waals surface area contributed by atoms with Crippen LogP contribution in [-0.2, 0) is 9.59 Å². The van der Waals surface area contributed by atoms with Gasteiger partial charge in [-0.3, -0.25) is 14.4 Å². The van der Waals surface area contributed by atoms with Gasteiger partial charge in [-0.05, 0) is 51.1 Å². The average molecular weight is 383 g/mol. The van der Waals surface area contributed by atoms with Crippen LogP contribution in [0.15, 0.2) is 53.2 Å². The van der Waals surface area contributed by atoms with Crippen molar-refractivity contribution in [2.45, 2.75) is 32.7 Å². The minimum atomic E-state index is -0.387. The molecule has 0 aliphatic rings. The smallest absolute Gasteiger partial charge is 0.253 e. The maximum atomic E-state index is 12.4. The van der Waals surface area contributed by atoms with Gasteiger partial charge in [-0.1, -0.05) is 12.1 Å². The van der Waals surface area contributed by atoms with E-state index in [9.17, 15) is 14.4 Å². The number of nitrogens with one attached hydrogen (secondary N) is 3. The fourth-order valence-electron chi connectivity index (χ4n) is 2.31. The molecule has 0 bridgehead atoms. The van der Waals surface area contributed by atoms with E-state index in [1.807, 2.05) is 20.8 Å². The summed E-state index contributed by atoms with van der Waals surface area (Å²) in [5.74, 6) is -0.321. The average Bonchev–Trinajstić information content (AvgIpc) is 3.12. The minimum Gasteiger partial charge on any atom is -0.465 e. The van der Waals surface area contributed by atoms with E-state index >= 15 is 0 Å². The molecule has 0 saturated heterocycles. The molecule has 0 atom stereocenters. The van der Waals surface area contributed by atoms with Crippen LogP contribution in [0.3, 0.4) is 0 Å².